The number of sulfonamides is 1. The molecule has 3 aromatic rings. The number of hydrogen-bond acceptors (Lipinski definition) is 4. The summed E-state index contributed by atoms with van der Waals surface area (Å²) in [5, 5.41) is 5.18. The zero-order valence-electron chi connectivity index (χ0n) is 15.4. The summed E-state index contributed by atoms with van der Waals surface area (Å²) in [6.45, 7) is 0. The molecule has 0 spiro atoms. The van der Waals surface area contributed by atoms with Gasteiger partial charge in [0.15, 0.2) is 0 Å². The Morgan fingerprint density at radius 2 is 1.86 bits per heavy atom. The van der Waals surface area contributed by atoms with Crippen LogP contribution >= 0.6 is 0 Å². The normalized spacial score (nSPS) is 15.2. The molecule has 3 aromatic carbocycles. The topological polar surface area (TPSA) is 78.6 Å². The van der Waals surface area contributed by atoms with E-state index in [1.165, 1.54) is 31.4 Å². The summed E-state index contributed by atoms with van der Waals surface area (Å²) in [4.78, 5) is 0. The Morgan fingerprint density at radius 3 is 2.55 bits per heavy atom. The van der Waals surface area contributed by atoms with Crippen LogP contribution in [0, 0.1) is 11.6 Å². The van der Waals surface area contributed by atoms with E-state index in [1.54, 1.807) is 30.3 Å². The molecule has 8 heteroatoms. The van der Waals surface area contributed by atoms with Crippen LogP contribution < -0.4 is 14.6 Å². The van der Waals surface area contributed by atoms with E-state index >= 15 is 0 Å². The number of primary sulfonamides is 1. The molecule has 29 heavy (non-hydrogen) atoms. The van der Waals surface area contributed by atoms with Crippen molar-refractivity contribution in [2.24, 2.45) is 5.14 Å². The number of rotatable bonds is 4. The molecule has 5 nitrogen and oxygen atoms in total. The molecule has 2 N–H and O–H groups in total. The van der Waals surface area contributed by atoms with Crippen molar-refractivity contribution in [3.8, 4) is 22.6 Å². The number of hydrogen-bond donors (Lipinski definition) is 1. The van der Waals surface area contributed by atoms with Crippen LogP contribution in [-0.4, -0.2) is 15.5 Å². The number of ether oxygens (including phenoxy) is 2. The fourth-order valence-electron chi connectivity index (χ4n) is 3.56. The van der Waals surface area contributed by atoms with E-state index in [0.717, 1.165) is 0 Å². The highest BCUT2D eigenvalue weighted by Gasteiger charge is 2.31. The van der Waals surface area contributed by atoms with Crippen LogP contribution in [0.2, 0.25) is 0 Å². The van der Waals surface area contributed by atoms with E-state index in [-0.39, 0.29) is 17.3 Å². The molecule has 1 aliphatic rings. The van der Waals surface area contributed by atoms with Gasteiger partial charge in [0.1, 0.15) is 29.2 Å². The molecule has 150 valence electrons. The summed E-state index contributed by atoms with van der Waals surface area (Å²) in [6, 6.07) is 13.3. The molecule has 1 unspecified atom stereocenters. The third-order valence-electron chi connectivity index (χ3n) is 4.68. The van der Waals surface area contributed by atoms with E-state index in [1.807, 2.05) is 0 Å². The van der Waals surface area contributed by atoms with Crippen molar-refractivity contribution in [2.45, 2.75) is 11.9 Å². The molecule has 0 fully saturated rings. The fraction of sp³-hybridized carbons (Fsp3) is 0.143. The SMILES string of the molecule is COc1cc(F)cc2c1-c1ccc(CS(N)(=O)=O)cc1C(c1cccc(F)c1)O2. The van der Waals surface area contributed by atoms with Crippen molar-refractivity contribution in [1.29, 1.82) is 0 Å². The molecule has 0 aromatic heterocycles. The highest BCUT2D eigenvalue weighted by Crippen LogP contribution is 2.49. The molecular weight excluding hydrogens is 400 g/mol. The minimum Gasteiger partial charge on any atom is -0.496 e. The van der Waals surface area contributed by atoms with E-state index in [9.17, 15) is 17.2 Å². The van der Waals surface area contributed by atoms with E-state index in [4.69, 9.17) is 14.6 Å². The lowest BCUT2D eigenvalue weighted by Gasteiger charge is -2.30. The number of methoxy groups -OCH3 is 1. The lowest BCUT2D eigenvalue weighted by Crippen LogP contribution is -2.18. The predicted molar refractivity (Wildman–Crippen MR) is 104 cm³/mol. The maximum atomic E-state index is 14.1. The third-order valence-corrected chi connectivity index (χ3v) is 5.42. The second-order valence-electron chi connectivity index (χ2n) is 6.76. The quantitative estimate of drug-likeness (QED) is 0.698. The van der Waals surface area contributed by atoms with Gasteiger partial charge >= 0.3 is 0 Å². The molecule has 0 radical (unpaired) electrons. The van der Waals surface area contributed by atoms with Gasteiger partial charge < -0.3 is 9.47 Å². The highest BCUT2D eigenvalue weighted by atomic mass is 32.2. The summed E-state index contributed by atoms with van der Waals surface area (Å²) in [7, 11) is -2.33. The van der Waals surface area contributed by atoms with E-state index in [2.05, 4.69) is 0 Å². The largest absolute Gasteiger partial charge is 0.496 e. The van der Waals surface area contributed by atoms with Gasteiger partial charge in [-0.15, -0.1) is 0 Å². The van der Waals surface area contributed by atoms with Gasteiger partial charge in [0, 0.05) is 17.7 Å². The molecule has 0 saturated carbocycles. The van der Waals surface area contributed by atoms with Crippen LogP contribution in [-0.2, 0) is 15.8 Å². The van der Waals surface area contributed by atoms with Gasteiger partial charge in [0.25, 0.3) is 0 Å². The van der Waals surface area contributed by atoms with Crippen molar-refractivity contribution in [3.05, 3.63) is 82.9 Å². The van der Waals surface area contributed by atoms with Gasteiger partial charge in [-0.3, -0.25) is 0 Å². The lowest BCUT2D eigenvalue weighted by atomic mass is 9.88. The summed E-state index contributed by atoms with van der Waals surface area (Å²) in [5.74, 6) is -0.811. The maximum absolute atomic E-state index is 14.1. The Hall–Kier alpha value is -2.97. The molecule has 0 bridgehead atoms. The second kappa shape index (κ2) is 7.13. The average Bonchev–Trinajstić information content (AvgIpc) is 2.65. The summed E-state index contributed by atoms with van der Waals surface area (Å²) in [5.41, 5.74) is 2.79. The Labute approximate surface area is 166 Å². The highest BCUT2D eigenvalue weighted by molar-refractivity contribution is 7.88. The summed E-state index contributed by atoms with van der Waals surface area (Å²) >= 11 is 0. The van der Waals surface area contributed by atoms with Crippen LogP contribution in [0.4, 0.5) is 8.78 Å². The molecule has 1 heterocycles. The van der Waals surface area contributed by atoms with Crippen molar-refractivity contribution in [3.63, 3.8) is 0 Å². The predicted octanol–water partition coefficient (Wildman–Crippen LogP) is 3.91. The minimum atomic E-state index is -3.75. The van der Waals surface area contributed by atoms with E-state index in [0.29, 0.717) is 27.8 Å². The Bertz CT molecular complexity index is 1210. The van der Waals surface area contributed by atoms with Crippen LogP contribution in [0.5, 0.6) is 11.5 Å². The van der Waals surface area contributed by atoms with Crippen LogP contribution in [0.15, 0.2) is 54.6 Å². The average molecular weight is 417 g/mol. The van der Waals surface area contributed by atoms with Crippen LogP contribution in [0.1, 0.15) is 22.8 Å². The van der Waals surface area contributed by atoms with Crippen LogP contribution in [0.25, 0.3) is 11.1 Å². The summed E-state index contributed by atoms with van der Waals surface area (Å²) in [6.07, 6.45) is -0.764. The molecule has 1 aliphatic heterocycles. The van der Waals surface area contributed by atoms with Gasteiger partial charge in [-0.25, -0.2) is 22.3 Å². The molecule has 4 rings (SSSR count). The number of fused-ring (bicyclic) bond motifs is 3. The monoisotopic (exact) mass is 417 g/mol. The first-order chi connectivity index (χ1) is 13.7. The number of nitrogens with two attached hydrogens (primary N) is 1. The van der Waals surface area contributed by atoms with Gasteiger partial charge in [0.05, 0.1) is 18.4 Å². The standard InChI is InChI=1S/C21H17F2NO4S/c1-27-18-9-15(23)10-19-20(18)16-6-5-12(11-29(24,25)26)7-17(16)21(28-19)13-3-2-4-14(22)8-13/h2-10,21H,11H2,1H3,(H2,24,25,26). The van der Waals surface area contributed by atoms with Gasteiger partial charge in [0.2, 0.25) is 10.0 Å². The smallest absolute Gasteiger partial charge is 0.213 e. The lowest BCUT2D eigenvalue weighted by molar-refractivity contribution is 0.240. The van der Waals surface area contributed by atoms with Crippen molar-refractivity contribution >= 4 is 10.0 Å². The third kappa shape index (κ3) is 3.81. The van der Waals surface area contributed by atoms with Crippen molar-refractivity contribution in [1.82, 2.24) is 0 Å². The molecule has 1 atom stereocenters. The van der Waals surface area contributed by atoms with Gasteiger partial charge in [-0.2, -0.15) is 0 Å². The zero-order chi connectivity index (χ0) is 20.8. The maximum Gasteiger partial charge on any atom is 0.213 e. The summed E-state index contributed by atoms with van der Waals surface area (Å²) < 4.78 is 62.3. The van der Waals surface area contributed by atoms with Crippen molar-refractivity contribution in [2.75, 3.05) is 7.11 Å². The molecular formula is C21H17F2NO4S. The Kier molecular flexibility index (Phi) is 4.76. The van der Waals surface area contributed by atoms with Crippen molar-refractivity contribution < 1.29 is 26.7 Å². The number of halogens is 2. The molecule has 0 aliphatic carbocycles. The number of benzene rings is 3. The first kappa shape index (κ1) is 19.4. The Balaban J connectivity index is 1.95. The fourth-order valence-corrected chi connectivity index (χ4v) is 4.21. The molecule has 0 saturated heterocycles. The van der Waals surface area contributed by atoms with Gasteiger partial charge in [-0.1, -0.05) is 30.3 Å². The first-order valence-electron chi connectivity index (χ1n) is 8.68. The first-order valence-corrected chi connectivity index (χ1v) is 10.4. The second-order valence-corrected chi connectivity index (χ2v) is 8.38. The zero-order valence-corrected chi connectivity index (χ0v) is 16.2. The minimum absolute atomic E-state index is 0.253. The van der Waals surface area contributed by atoms with E-state index < -0.39 is 27.8 Å². The van der Waals surface area contributed by atoms with Gasteiger partial charge in [-0.05, 0) is 28.8 Å². The molecule has 0 amide bonds. The Morgan fingerprint density at radius 1 is 1.07 bits per heavy atom. The van der Waals surface area contributed by atoms with Crippen LogP contribution in [0.3, 0.4) is 0 Å².